The Labute approximate surface area is 105 Å². The quantitative estimate of drug-likeness (QED) is 0.862. The predicted molar refractivity (Wildman–Crippen MR) is 73.2 cm³/mol. The van der Waals surface area contributed by atoms with Gasteiger partial charge in [0.2, 0.25) is 0 Å². The largest absolute Gasteiger partial charge is 0.306 e. The number of piperidine rings is 1. The van der Waals surface area contributed by atoms with Crippen LogP contribution in [-0.2, 0) is 0 Å². The molecule has 2 rings (SSSR count). The lowest BCUT2D eigenvalue weighted by atomic mass is 9.99. The van der Waals surface area contributed by atoms with Gasteiger partial charge in [-0.3, -0.25) is 0 Å². The summed E-state index contributed by atoms with van der Waals surface area (Å²) < 4.78 is 0. The summed E-state index contributed by atoms with van der Waals surface area (Å²) in [5.41, 5.74) is 2.82. The number of benzene rings is 1. The molecule has 1 saturated heterocycles. The molecule has 0 saturated carbocycles. The van der Waals surface area contributed by atoms with Gasteiger partial charge in [0.25, 0.3) is 0 Å². The van der Waals surface area contributed by atoms with E-state index in [1.54, 1.807) is 0 Å². The van der Waals surface area contributed by atoms with Gasteiger partial charge in [-0.15, -0.1) is 0 Å². The number of aryl methyl sites for hydroxylation is 1. The lowest BCUT2D eigenvalue weighted by Crippen LogP contribution is -2.44. The minimum atomic E-state index is 0.452. The Bertz CT molecular complexity index is 362. The Morgan fingerprint density at radius 3 is 2.82 bits per heavy atom. The van der Waals surface area contributed by atoms with E-state index in [4.69, 9.17) is 0 Å². The molecular weight excluding hydrogens is 208 g/mol. The van der Waals surface area contributed by atoms with E-state index < -0.39 is 0 Å². The minimum absolute atomic E-state index is 0.452. The molecule has 1 fully saturated rings. The number of hydrogen-bond donors (Lipinski definition) is 1. The van der Waals surface area contributed by atoms with E-state index in [0.717, 1.165) is 0 Å². The van der Waals surface area contributed by atoms with Gasteiger partial charge in [-0.05, 0) is 51.4 Å². The van der Waals surface area contributed by atoms with Gasteiger partial charge in [0, 0.05) is 18.6 Å². The first-order valence-electron chi connectivity index (χ1n) is 6.67. The summed E-state index contributed by atoms with van der Waals surface area (Å²) in [6, 6.07) is 9.77. The van der Waals surface area contributed by atoms with Crippen molar-refractivity contribution in [2.75, 3.05) is 20.1 Å². The van der Waals surface area contributed by atoms with Crippen molar-refractivity contribution < 1.29 is 0 Å². The van der Waals surface area contributed by atoms with Gasteiger partial charge in [0.1, 0.15) is 0 Å². The second kappa shape index (κ2) is 5.65. The molecule has 17 heavy (non-hydrogen) atoms. The number of hydrogen-bond acceptors (Lipinski definition) is 2. The predicted octanol–water partition coefficient (Wildman–Crippen LogP) is 2.74. The summed E-state index contributed by atoms with van der Waals surface area (Å²) >= 11 is 0. The topological polar surface area (TPSA) is 15.3 Å². The molecule has 1 aliphatic rings. The molecule has 1 aromatic rings. The summed E-state index contributed by atoms with van der Waals surface area (Å²) in [5, 5.41) is 3.76. The maximum Gasteiger partial charge on any atom is 0.0297 e. The van der Waals surface area contributed by atoms with Crippen LogP contribution in [0.25, 0.3) is 0 Å². The van der Waals surface area contributed by atoms with Gasteiger partial charge in [-0.1, -0.05) is 24.3 Å². The third kappa shape index (κ3) is 3.30. The van der Waals surface area contributed by atoms with E-state index in [1.165, 1.54) is 37.1 Å². The lowest BCUT2D eigenvalue weighted by Gasteiger charge is -2.32. The molecule has 94 valence electrons. The molecule has 1 aromatic carbocycles. The van der Waals surface area contributed by atoms with Gasteiger partial charge in [-0.2, -0.15) is 0 Å². The molecule has 0 spiro atoms. The average Bonchev–Trinajstić information content (AvgIpc) is 2.29. The molecule has 0 aliphatic carbocycles. The van der Waals surface area contributed by atoms with Gasteiger partial charge in [0.15, 0.2) is 0 Å². The zero-order chi connectivity index (χ0) is 12.3. The third-order valence-electron chi connectivity index (χ3n) is 3.77. The van der Waals surface area contributed by atoms with Gasteiger partial charge in [-0.25, -0.2) is 0 Å². The second-order valence-electron chi connectivity index (χ2n) is 5.35. The second-order valence-corrected chi connectivity index (χ2v) is 5.35. The zero-order valence-corrected chi connectivity index (χ0v) is 11.2. The van der Waals surface area contributed by atoms with Crippen LogP contribution in [0.3, 0.4) is 0 Å². The van der Waals surface area contributed by atoms with E-state index in [0.29, 0.717) is 12.1 Å². The van der Waals surface area contributed by atoms with Crippen LogP contribution in [0.2, 0.25) is 0 Å². The molecule has 0 aromatic heterocycles. The van der Waals surface area contributed by atoms with E-state index in [-0.39, 0.29) is 0 Å². The fourth-order valence-corrected chi connectivity index (χ4v) is 2.82. The molecule has 1 heterocycles. The number of likely N-dealkylation sites (tertiary alicyclic amines) is 1. The standard InChI is InChI=1S/C15H24N2/c1-12-7-4-5-9-15(12)13(2)16-14-8-6-10-17(3)11-14/h4-5,7,9,13-14,16H,6,8,10-11H2,1-3H3/t13-,14?/m0/s1. The highest BCUT2D eigenvalue weighted by atomic mass is 15.1. The normalized spacial score (nSPS) is 23.6. The van der Waals surface area contributed by atoms with Crippen LogP contribution in [0.1, 0.15) is 36.9 Å². The molecule has 1 N–H and O–H groups in total. The molecule has 1 aliphatic heterocycles. The minimum Gasteiger partial charge on any atom is -0.306 e. The van der Waals surface area contributed by atoms with Crippen LogP contribution < -0.4 is 5.32 Å². The number of nitrogens with zero attached hydrogens (tertiary/aromatic N) is 1. The monoisotopic (exact) mass is 232 g/mol. The SMILES string of the molecule is Cc1ccccc1[C@H](C)NC1CCCN(C)C1. The highest BCUT2D eigenvalue weighted by molar-refractivity contribution is 5.28. The molecule has 2 heteroatoms. The number of likely N-dealkylation sites (N-methyl/N-ethyl adjacent to an activating group) is 1. The maximum atomic E-state index is 3.76. The summed E-state index contributed by atoms with van der Waals surface area (Å²) in [4.78, 5) is 2.42. The van der Waals surface area contributed by atoms with Crippen LogP contribution in [0.15, 0.2) is 24.3 Å². The highest BCUT2D eigenvalue weighted by Crippen LogP contribution is 2.19. The average molecular weight is 232 g/mol. The molecule has 2 nitrogen and oxygen atoms in total. The van der Waals surface area contributed by atoms with E-state index in [2.05, 4.69) is 55.4 Å². The fourth-order valence-electron chi connectivity index (χ4n) is 2.82. The number of nitrogens with one attached hydrogen (secondary N) is 1. The Hall–Kier alpha value is -0.860. The van der Waals surface area contributed by atoms with Crippen molar-refractivity contribution in [2.24, 2.45) is 0 Å². The van der Waals surface area contributed by atoms with Crippen LogP contribution >= 0.6 is 0 Å². The third-order valence-corrected chi connectivity index (χ3v) is 3.77. The molecule has 2 atom stereocenters. The summed E-state index contributed by atoms with van der Waals surface area (Å²) in [5.74, 6) is 0. The lowest BCUT2D eigenvalue weighted by molar-refractivity contribution is 0.218. The molecule has 0 bridgehead atoms. The summed E-state index contributed by atoms with van der Waals surface area (Å²) in [6.45, 7) is 6.89. The molecular formula is C15H24N2. The van der Waals surface area contributed by atoms with Crippen molar-refractivity contribution in [3.63, 3.8) is 0 Å². The maximum absolute atomic E-state index is 3.76. The molecule has 0 radical (unpaired) electrons. The van der Waals surface area contributed by atoms with Gasteiger partial charge < -0.3 is 10.2 Å². The summed E-state index contributed by atoms with van der Waals surface area (Å²) in [6.07, 6.45) is 2.62. The fraction of sp³-hybridized carbons (Fsp3) is 0.600. The van der Waals surface area contributed by atoms with Crippen LogP contribution in [-0.4, -0.2) is 31.1 Å². The Kier molecular flexibility index (Phi) is 4.19. The summed E-state index contributed by atoms with van der Waals surface area (Å²) in [7, 11) is 2.21. The first-order chi connectivity index (χ1) is 8.16. The zero-order valence-electron chi connectivity index (χ0n) is 11.2. The smallest absolute Gasteiger partial charge is 0.0297 e. The molecule has 1 unspecified atom stereocenters. The van der Waals surface area contributed by atoms with Crippen LogP contribution in [0, 0.1) is 6.92 Å². The van der Waals surface area contributed by atoms with Crippen LogP contribution in [0.5, 0.6) is 0 Å². The van der Waals surface area contributed by atoms with Crippen molar-refractivity contribution in [1.29, 1.82) is 0 Å². The van der Waals surface area contributed by atoms with Crippen molar-refractivity contribution in [3.8, 4) is 0 Å². The van der Waals surface area contributed by atoms with Crippen LogP contribution in [0.4, 0.5) is 0 Å². The van der Waals surface area contributed by atoms with E-state index in [1.807, 2.05) is 0 Å². The first-order valence-corrected chi connectivity index (χ1v) is 6.67. The number of rotatable bonds is 3. The van der Waals surface area contributed by atoms with Gasteiger partial charge >= 0.3 is 0 Å². The van der Waals surface area contributed by atoms with Crippen molar-refractivity contribution in [2.45, 2.75) is 38.8 Å². The van der Waals surface area contributed by atoms with Gasteiger partial charge in [0.05, 0.1) is 0 Å². The highest BCUT2D eigenvalue weighted by Gasteiger charge is 2.19. The van der Waals surface area contributed by atoms with Crippen molar-refractivity contribution >= 4 is 0 Å². The van der Waals surface area contributed by atoms with E-state index >= 15 is 0 Å². The Morgan fingerprint density at radius 2 is 2.12 bits per heavy atom. The van der Waals surface area contributed by atoms with Crippen molar-refractivity contribution in [1.82, 2.24) is 10.2 Å². The molecule has 0 amide bonds. The first kappa shape index (κ1) is 12.6. The Morgan fingerprint density at radius 1 is 1.35 bits per heavy atom. The van der Waals surface area contributed by atoms with E-state index in [9.17, 15) is 0 Å². The Balaban J connectivity index is 1.97. The van der Waals surface area contributed by atoms with Crippen molar-refractivity contribution in [3.05, 3.63) is 35.4 Å².